The van der Waals surface area contributed by atoms with Gasteiger partial charge in [-0.3, -0.25) is 9.69 Å². The molecular weight excluding hydrogens is 413 g/mol. The van der Waals surface area contributed by atoms with Crippen LogP contribution in [0.25, 0.3) is 5.57 Å². The maximum absolute atomic E-state index is 12.9. The summed E-state index contributed by atoms with van der Waals surface area (Å²) in [5.41, 5.74) is 0.853. The highest BCUT2D eigenvalue weighted by Crippen LogP contribution is 2.31. The number of hydrogen-bond donors (Lipinski definition) is 0. The zero-order chi connectivity index (χ0) is 23.3. The van der Waals surface area contributed by atoms with Crippen LogP contribution in [-0.4, -0.2) is 46.9 Å². The van der Waals surface area contributed by atoms with Crippen molar-refractivity contribution in [1.29, 1.82) is 0 Å². The highest BCUT2D eigenvalue weighted by atomic mass is 19.4. The van der Waals surface area contributed by atoms with Crippen LogP contribution in [0.5, 0.6) is 0 Å². The number of rotatable bonds is 7. The Bertz CT molecular complexity index is 828. The molecule has 1 amide bonds. The Morgan fingerprint density at radius 1 is 1.12 bits per heavy atom. The molecule has 32 heavy (non-hydrogen) atoms. The Balaban J connectivity index is 1.58. The zero-order valence-corrected chi connectivity index (χ0v) is 19.4. The van der Waals surface area contributed by atoms with E-state index in [4.69, 9.17) is 0 Å². The van der Waals surface area contributed by atoms with Crippen molar-refractivity contribution < 1.29 is 18.0 Å². The number of allylic oxidation sites excluding steroid dienone is 3. The fourth-order valence-electron chi connectivity index (χ4n) is 5.10. The summed E-state index contributed by atoms with van der Waals surface area (Å²) < 4.78 is 38.4. The highest BCUT2D eigenvalue weighted by molar-refractivity contribution is 5.80. The lowest BCUT2D eigenvalue weighted by Crippen LogP contribution is -2.46. The first-order valence-corrected chi connectivity index (χ1v) is 11.8. The van der Waals surface area contributed by atoms with E-state index >= 15 is 0 Å². The van der Waals surface area contributed by atoms with E-state index in [0.29, 0.717) is 24.1 Å². The fraction of sp³-hybridized carbons (Fsp3) is 0.577. The Hall–Kier alpha value is -2.08. The van der Waals surface area contributed by atoms with Gasteiger partial charge in [0.15, 0.2) is 0 Å². The van der Waals surface area contributed by atoms with Gasteiger partial charge in [-0.05, 0) is 69.2 Å². The molecule has 1 aromatic rings. The highest BCUT2D eigenvalue weighted by Gasteiger charge is 2.35. The number of carbonyl (C=O) groups is 1. The predicted octanol–water partition coefficient (Wildman–Crippen LogP) is 6.31. The lowest BCUT2D eigenvalue weighted by Gasteiger charge is -2.34. The van der Waals surface area contributed by atoms with Gasteiger partial charge in [0.05, 0.1) is 5.56 Å². The van der Waals surface area contributed by atoms with Crippen molar-refractivity contribution in [1.82, 2.24) is 9.80 Å². The summed E-state index contributed by atoms with van der Waals surface area (Å²) >= 11 is 0. The minimum absolute atomic E-state index is 0.131. The summed E-state index contributed by atoms with van der Waals surface area (Å²) in [6, 6.07) is 6.62. The topological polar surface area (TPSA) is 23.6 Å². The number of carbonyl (C=O) groups excluding carboxylic acids is 1. The number of halogens is 3. The second-order valence-electron chi connectivity index (χ2n) is 8.99. The van der Waals surface area contributed by atoms with E-state index < -0.39 is 11.7 Å². The van der Waals surface area contributed by atoms with Crippen LogP contribution in [0.15, 0.2) is 42.5 Å². The molecule has 2 heterocycles. The lowest BCUT2D eigenvalue weighted by molar-refractivity contribution is -0.137. The SMILES string of the molecule is C/C=C(\C=C/CC(=O)N1CCCC1CN1C(C)CCC1CC)c1ccc(C(F)(F)F)cc1. The van der Waals surface area contributed by atoms with Crippen molar-refractivity contribution in [2.24, 2.45) is 0 Å². The summed E-state index contributed by atoms with van der Waals surface area (Å²) in [6.07, 6.45) is 7.22. The van der Waals surface area contributed by atoms with Gasteiger partial charge in [0.1, 0.15) is 0 Å². The number of benzene rings is 1. The van der Waals surface area contributed by atoms with E-state index in [0.717, 1.165) is 50.1 Å². The third kappa shape index (κ3) is 5.83. The van der Waals surface area contributed by atoms with E-state index in [1.54, 1.807) is 0 Å². The first-order valence-electron chi connectivity index (χ1n) is 11.8. The predicted molar refractivity (Wildman–Crippen MR) is 123 cm³/mol. The molecule has 2 saturated heterocycles. The van der Waals surface area contributed by atoms with Gasteiger partial charge < -0.3 is 4.90 Å². The first kappa shape index (κ1) is 24.6. The lowest BCUT2D eigenvalue weighted by atomic mass is 10.0. The van der Waals surface area contributed by atoms with Crippen LogP contribution in [0.3, 0.4) is 0 Å². The maximum atomic E-state index is 12.9. The summed E-state index contributed by atoms with van der Waals surface area (Å²) in [5.74, 6) is 0.131. The van der Waals surface area contributed by atoms with Crippen LogP contribution < -0.4 is 0 Å². The third-order valence-corrected chi connectivity index (χ3v) is 6.99. The standard InChI is InChI=1S/C26H35F3N2O/c1-4-20(21-12-14-22(15-13-21)26(27,28)29)8-6-10-25(32)30-17-7-9-24(30)18-31-19(3)11-16-23(31)5-2/h4,6,8,12-15,19,23-24H,5,7,9-11,16-18H2,1-3H3/b8-6-,20-4+. The molecule has 3 unspecified atom stereocenters. The molecule has 0 saturated carbocycles. The average Bonchev–Trinajstić information content (AvgIpc) is 3.37. The summed E-state index contributed by atoms with van der Waals surface area (Å²) in [7, 11) is 0. The van der Waals surface area contributed by atoms with Gasteiger partial charge >= 0.3 is 6.18 Å². The van der Waals surface area contributed by atoms with Gasteiger partial charge in [-0.2, -0.15) is 13.2 Å². The minimum atomic E-state index is -4.34. The molecule has 2 aliphatic heterocycles. The van der Waals surface area contributed by atoms with Crippen molar-refractivity contribution in [3.8, 4) is 0 Å². The summed E-state index contributed by atoms with van der Waals surface area (Å²) in [5, 5.41) is 0. The largest absolute Gasteiger partial charge is 0.416 e. The van der Waals surface area contributed by atoms with Crippen LogP contribution in [0, 0.1) is 0 Å². The Morgan fingerprint density at radius 2 is 1.84 bits per heavy atom. The van der Waals surface area contributed by atoms with Crippen molar-refractivity contribution in [3.05, 3.63) is 53.6 Å². The van der Waals surface area contributed by atoms with Crippen molar-refractivity contribution in [2.45, 2.75) is 83.6 Å². The van der Waals surface area contributed by atoms with Crippen LogP contribution in [0.2, 0.25) is 0 Å². The van der Waals surface area contributed by atoms with E-state index in [1.807, 2.05) is 30.1 Å². The second-order valence-corrected chi connectivity index (χ2v) is 8.99. The molecule has 0 aliphatic carbocycles. The quantitative estimate of drug-likeness (QED) is 0.457. The normalized spacial score (nSPS) is 25.2. The smallest absolute Gasteiger partial charge is 0.338 e. The molecule has 1 aromatic carbocycles. The first-order chi connectivity index (χ1) is 15.2. The number of hydrogen-bond acceptors (Lipinski definition) is 2. The number of likely N-dealkylation sites (tertiary alicyclic amines) is 2. The molecule has 3 nitrogen and oxygen atoms in total. The van der Waals surface area contributed by atoms with Gasteiger partial charge in [-0.1, -0.05) is 37.3 Å². The van der Waals surface area contributed by atoms with Crippen molar-refractivity contribution in [3.63, 3.8) is 0 Å². The molecule has 0 bridgehead atoms. The van der Waals surface area contributed by atoms with E-state index in [1.165, 1.54) is 25.0 Å². The Morgan fingerprint density at radius 3 is 2.47 bits per heavy atom. The van der Waals surface area contributed by atoms with Gasteiger partial charge in [-0.25, -0.2) is 0 Å². The van der Waals surface area contributed by atoms with E-state index in [9.17, 15) is 18.0 Å². The molecule has 2 fully saturated rings. The van der Waals surface area contributed by atoms with Gasteiger partial charge in [-0.15, -0.1) is 0 Å². The Kier molecular flexibility index (Phi) is 8.21. The average molecular weight is 449 g/mol. The van der Waals surface area contributed by atoms with Crippen LogP contribution in [0.4, 0.5) is 13.2 Å². The second kappa shape index (κ2) is 10.7. The molecule has 0 N–H and O–H groups in total. The van der Waals surface area contributed by atoms with Gasteiger partial charge in [0.25, 0.3) is 0 Å². The molecule has 0 radical (unpaired) electrons. The van der Waals surface area contributed by atoms with Gasteiger partial charge in [0.2, 0.25) is 5.91 Å². The van der Waals surface area contributed by atoms with Crippen LogP contribution in [-0.2, 0) is 11.0 Å². The molecule has 3 rings (SSSR count). The molecule has 6 heteroatoms. The molecule has 3 atom stereocenters. The summed E-state index contributed by atoms with van der Waals surface area (Å²) in [6.45, 7) is 8.15. The maximum Gasteiger partial charge on any atom is 0.416 e. The van der Waals surface area contributed by atoms with Crippen LogP contribution in [0.1, 0.15) is 70.4 Å². The molecule has 176 valence electrons. The molecular formula is C26H35F3N2O. The van der Waals surface area contributed by atoms with Crippen molar-refractivity contribution in [2.75, 3.05) is 13.1 Å². The van der Waals surface area contributed by atoms with E-state index in [-0.39, 0.29) is 11.9 Å². The zero-order valence-electron chi connectivity index (χ0n) is 19.4. The van der Waals surface area contributed by atoms with E-state index in [2.05, 4.69) is 18.7 Å². The van der Waals surface area contributed by atoms with Gasteiger partial charge in [0, 0.05) is 37.6 Å². The monoisotopic (exact) mass is 448 g/mol. The summed E-state index contributed by atoms with van der Waals surface area (Å²) in [4.78, 5) is 17.6. The third-order valence-electron chi connectivity index (χ3n) is 6.99. The fourth-order valence-corrected chi connectivity index (χ4v) is 5.10. The molecule has 0 spiro atoms. The van der Waals surface area contributed by atoms with Crippen LogP contribution >= 0.6 is 0 Å². The number of nitrogens with zero attached hydrogens (tertiary/aromatic N) is 2. The number of amides is 1. The number of alkyl halides is 3. The molecule has 0 aromatic heterocycles. The molecule has 2 aliphatic rings. The van der Waals surface area contributed by atoms with Crippen molar-refractivity contribution >= 4 is 11.5 Å². The Labute approximate surface area is 190 Å². The minimum Gasteiger partial charge on any atom is -0.338 e.